The molecule has 88 valence electrons. The largest absolute Gasteiger partial charge is 0.324 e. The second kappa shape index (κ2) is 4.69. The molecule has 0 saturated carbocycles. The lowest BCUT2D eigenvalue weighted by atomic mass is 10.2. The lowest BCUT2D eigenvalue weighted by molar-refractivity contribution is 0.557. The molecule has 1 aliphatic rings. The first kappa shape index (κ1) is 12.8. The van der Waals surface area contributed by atoms with Crippen molar-refractivity contribution in [3.63, 3.8) is 0 Å². The molecule has 0 fully saturated rings. The van der Waals surface area contributed by atoms with Gasteiger partial charge in [-0.3, -0.25) is 9.56 Å². The van der Waals surface area contributed by atoms with E-state index >= 15 is 0 Å². The third-order valence-corrected chi connectivity index (χ3v) is 6.69. The second-order valence-corrected chi connectivity index (χ2v) is 8.68. The van der Waals surface area contributed by atoms with Gasteiger partial charge < -0.3 is 5.09 Å². The van der Waals surface area contributed by atoms with Crippen LogP contribution in [0.5, 0.6) is 0 Å². The molecule has 1 atom stereocenters. The average molecular weight is 230 g/mol. The quantitative estimate of drug-likeness (QED) is 0.756. The first-order valence-electron chi connectivity index (χ1n) is 5.80. The molecule has 1 unspecified atom stereocenters. The Morgan fingerprint density at radius 1 is 1.33 bits per heavy atom. The molecule has 3 nitrogen and oxygen atoms in total. The number of nitrogens with one attached hydrogen (secondary N) is 1. The highest BCUT2D eigenvalue weighted by Crippen LogP contribution is 2.51. The van der Waals surface area contributed by atoms with Gasteiger partial charge in [0.25, 0.3) is 0 Å². The molecule has 4 heteroatoms. The minimum atomic E-state index is -2.32. The van der Waals surface area contributed by atoms with Gasteiger partial charge in [0.1, 0.15) is 5.84 Å². The number of rotatable bonds is 3. The zero-order valence-electron chi connectivity index (χ0n) is 10.4. The fraction of sp³-hybridized carbons (Fsp3) is 0.909. The Balaban J connectivity index is 2.77. The van der Waals surface area contributed by atoms with Gasteiger partial charge in [0, 0.05) is 23.8 Å². The topological polar surface area (TPSA) is 41.5 Å². The van der Waals surface area contributed by atoms with Crippen molar-refractivity contribution in [2.24, 2.45) is 4.99 Å². The summed E-state index contributed by atoms with van der Waals surface area (Å²) < 4.78 is 12.7. The summed E-state index contributed by atoms with van der Waals surface area (Å²) in [7, 11) is -2.32. The van der Waals surface area contributed by atoms with E-state index in [0.29, 0.717) is 6.04 Å². The van der Waals surface area contributed by atoms with Crippen LogP contribution in [0.1, 0.15) is 47.5 Å². The van der Waals surface area contributed by atoms with Crippen molar-refractivity contribution in [1.82, 2.24) is 5.09 Å². The number of nitrogens with zero attached hydrogens (tertiary/aromatic N) is 1. The molecule has 0 aromatic rings. The smallest absolute Gasteiger partial charge is 0.175 e. The summed E-state index contributed by atoms with van der Waals surface area (Å²) in [5, 5.41) is 3.23. The van der Waals surface area contributed by atoms with Crippen molar-refractivity contribution in [2.75, 3.05) is 0 Å². The fourth-order valence-corrected chi connectivity index (χ4v) is 4.16. The molecule has 0 amide bonds. The van der Waals surface area contributed by atoms with Crippen molar-refractivity contribution >= 4 is 13.1 Å². The van der Waals surface area contributed by atoms with Crippen molar-refractivity contribution in [3.8, 4) is 0 Å². The fourth-order valence-electron chi connectivity index (χ4n) is 1.88. The Morgan fingerprint density at radius 3 is 2.20 bits per heavy atom. The standard InChI is InChI=1S/C11H23N2OP/c1-8(2)15(14,9(3)4)13-11-7-6-10(5)12-11/h8-10H,6-7H2,1-5H3,(H,12,13,14). The van der Waals surface area contributed by atoms with E-state index in [0.717, 1.165) is 18.7 Å². The Hall–Kier alpha value is -0.300. The van der Waals surface area contributed by atoms with E-state index in [1.54, 1.807) is 0 Å². The maximum absolute atomic E-state index is 12.7. The molecule has 0 aromatic heterocycles. The van der Waals surface area contributed by atoms with Crippen LogP contribution in [0, 0.1) is 0 Å². The highest BCUT2D eigenvalue weighted by molar-refractivity contribution is 7.64. The summed E-state index contributed by atoms with van der Waals surface area (Å²) in [5.41, 5.74) is 0.354. The van der Waals surface area contributed by atoms with Crippen LogP contribution in [-0.4, -0.2) is 23.2 Å². The van der Waals surface area contributed by atoms with Gasteiger partial charge in [0.05, 0.1) is 0 Å². The van der Waals surface area contributed by atoms with Gasteiger partial charge in [-0.05, 0) is 13.3 Å². The lowest BCUT2D eigenvalue weighted by Gasteiger charge is -2.27. The predicted molar refractivity (Wildman–Crippen MR) is 67.1 cm³/mol. The van der Waals surface area contributed by atoms with Crippen molar-refractivity contribution in [1.29, 1.82) is 0 Å². The summed E-state index contributed by atoms with van der Waals surface area (Å²) in [5.74, 6) is 0.952. The van der Waals surface area contributed by atoms with Crippen LogP contribution in [-0.2, 0) is 4.57 Å². The van der Waals surface area contributed by atoms with Gasteiger partial charge >= 0.3 is 0 Å². The van der Waals surface area contributed by atoms with E-state index < -0.39 is 7.29 Å². The van der Waals surface area contributed by atoms with Crippen LogP contribution < -0.4 is 5.09 Å². The van der Waals surface area contributed by atoms with E-state index in [9.17, 15) is 4.57 Å². The molecule has 0 aromatic carbocycles. The Kier molecular flexibility index (Phi) is 3.99. The molecule has 1 heterocycles. The van der Waals surface area contributed by atoms with Crippen LogP contribution >= 0.6 is 7.29 Å². The SMILES string of the molecule is CC1CCC(NP(=O)(C(C)C)C(C)C)=N1. The summed E-state index contributed by atoms with van der Waals surface area (Å²) in [6.45, 7) is 10.2. The molecule has 1 N–H and O–H groups in total. The number of aliphatic imine (C=N–C) groups is 1. The molecule has 0 radical (unpaired) electrons. The molecule has 0 spiro atoms. The van der Waals surface area contributed by atoms with Gasteiger partial charge in [-0.25, -0.2) is 0 Å². The van der Waals surface area contributed by atoms with Crippen LogP contribution in [0.3, 0.4) is 0 Å². The van der Waals surface area contributed by atoms with E-state index in [4.69, 9.17) is 0 Å². The third kappa shape index (κ3) is 2.84. The van der Waals surface area contributed by atoms with E-state index in [1.165, 1.54) is 0 Å². The van der Waals surface area contributed by atoms with Gasteiger partial charge in [-0.2, -0.15) is 0 Å². The highest BCUT2D eigenvalue weighted by atomic mass is 31.2. The number of hydrogen-bond acceptors (Lipinski definition) is 2. The molecular formula is C11H23N2OP. The molecule has 1 aliphatic heterocycles. The van der Waals surface area contributed by atoms with Crippen molar-refractivity contribution in [2.45, 2.75) is 64.8 Å². The monoisotopic (exact) mass is 230 g/mol. The van der Waals surface area contributed by atoms with E-state index in [2.05, 4.69) is 17.0 Å². The van der Waals surface area contributed by atoms with Crippen molar-refractivity contribution < 1.29 is 4.57 Å². The van der Waals surface area contributed by atoms with E-state index in [1.807, 2.05) is 27.7 Å². The normalized spacial score (nSPS) is 22.3. The number of hydrogen-bond donors (Lipinski definition) is 1. The molecule has 0 bridgehead atoms. The van der Waals surface area contributed by atoms with Gasteiger partial charge in [0.2, 0.25) is 0 Å². The predicted octanol–water partition coefficient (Wildman–Crippen LogP) is 3.25. The first-order valence-corrected chi connectivity index (χ1v) is 7.65. The first-order chi connectivity index (χ1) is 6.86. The summed E-state index contributed by atoms with van der Waals surface area (Å²) in [4.78, 5) is 4.47. The van der Waals surface area contributed by atoms with Crippen LogP contribution in [0.15, 0.2) is 4.99 Å². The minimum Gasteiger partial charge on any atom is -0.324 e. The third-order valence-electron chi connectivity index (χ3n) is 3.01. The summed E-state index contributed by atoms with van der Waals surface area (Å²) in [6.07, 6.45) is 2.03. The molecule has 0 saturated heterocycles. The minimum absolute atomic E-state index is 0.177. The maximum Gasteiger partial charge on any atom is 0.175 e. The van der Waals surface area contributed by atoms with Crippen LogP contribution in [0.4, 0.5) is 0 Å². The molecule has 15 heavy (non-hydrogen) atoms. The van der Waals surface area contributed by atoms with Gasteiger partial charge in [0.15, 0.2) is 7.29 Å². The zero-order valence-corrected chi connectivity index (χ0v) is 11.3. The molecular weight excluding hydrogens is 207 g/mol. The van der Waals surface area contributed by atoms with Gasteiger partial charge in [-0.1, -0.05) is 27.7 Å². The Labute approximate surface area is 93.2 Å². The highest BCUT2D eigenvalue weighted by Gasteiger charge is 2.32. The van der Waals surface area contributed by atoms with Crippen molar-refractivity contribution in [3.05, 3.63) is 0 Å². The number of amidine groups is 1. The average Bonchev–Trinajstić information content (AvgIpc) is 2.50. The summed E-state index contributed by atoms with van der Waals surface area (Å²) >= 11 is 0. The van der Waals surface area contributed by atoms with Crippen LogP contribution in [0.25, 0.3) is 0 Å². The lowest BCUT2D eigenvalue weighted by Crippen LogP contribution is -2.27. The Bertz CT molecular complexity index is 285. The Morgan fingerprint density at radius 2 is 1.87 bits per heavy atom. The maximum atomic E-state index is 12.7. The zero-order chi connectivity index (χ0) is 11.6. The summed E-state index contributed by atoms with van der Waals surface area (Å²) in [6, 6.07) is 0.389. The second-order valence-electron chi connectivity index (χ2n) is 4.97. The van der Waals surface area contributed by atoms with E-state index in [-0.39, 0.29) is 11.3 Å². The van der Waals surface area contributed by atoms with Crippen LogP contribution in [0.2, 0.25) is 0 Å². The van der Waals surface area contributed by atoms with Gasteiger partial charge in [-0.15, -0.1) is 0 Å². The molecule has 0 aliphatic carbocycles. The molecule has 1 rings (SSSR count).